The molecule has 2 amide bonds. The molecule has 5 nitrogen and oxygen atoms in total. The average Bonchev–Trinajstić information content (AvgIpc) is 2.53. The van der Waals surface area contributed by atoms with E-state index in [-0.39, 0.29) is 30.3 Å². The van der Waals surface area contributed by atoms with Crippen LogP contribution >= 0.6 is 12.4 Å². The van der Waals surface area contributed by atoms with Gasteiger partial charge >= 0.3 is 0 Å². The second-order valence-electron chi connectivity index (χ2n) is 5.77. The van der Waals surface area contributed by atoms with Crippen molar-refractivity contribution in [3.8, 4) is 0 Å². The van der Waals surface area contributed by atoms with Crippen molar-refractivity contribution in [1.82, 2.24) is 10.6 Å². The van der Waals surface area contributed by atoms with Gasteiger partial charge in [-0.1, -0.05) is 44.2 Å². The minimum atomic E-state index is -0.577. The van der Waals surface area contributed by atoms with Gasteiger partial charge in [-0.25, -0.2) is 0 Å². The predicted octanol–water partition coefficient (Wildman–Crippen LogP) is 2.16. The second kappa shape index (κ2) is 10.2. The van der Waals surface area contributed by atoms with Gasteiger partial charge in [0.15, 0.2) is 0 Å². The summed E-state index contributed by atoms with van der Waals surface area (Å²) >= 11 is 0. The molecule has 0 bridgehead atoms. The zero-order chi connectivity index (χ0) is 16.7. The highest BCUT2D eigenvalue weighted by molar-refractivity contribution is 5.88. The third kappa shape index (κ3) is 6.59. The van der Waals surface area contributed by atoms with E-state index in [1.165, 1.54) is 0 Å². The van der Waals surface area contributed by atoms with Crippen LogP contribution in [0.2, 0.25) is 0 Å². The van der Waals surface area contributed by atoms with Crippen LogP contribution in [-0.2, 0) is 9.59 Å². The van der Waals surface area contributed by atoms with Crippen molar-refractivity contribution in [2.75, 3.05) is 0 Å². The molecule has 0 radical (unpaired) electrons. The third-order valence-electron chi connectivity index (χ3n) is 3.89. The second-order valence-corrected chi connectivity index (χ2v) is 5.77. The third-order valence-corrected chi connectivity index (χ3v) is 3.89. The van der Waals surface area contributed by atoms with Gasteiger partial charge in [0.05, 0.1) is 5.92 Å². The fourth-order valence-corrected chi connectivity index (χ4v) is 2.01. The molecule has 1 rings (SSSR count). The number of carbonyl (C=O) groups excluding carboxylic acids is 2. The minimum Gasteiger partial charge on any atom is -0.352 e. The molecule has 0 saturated carbocycles. The molecule has 0 saturated heterocycles. The number of halogens is 1. The van der Waals surface area contributed by atoms with Gasteiger partial charge in [-0.05, 0) is 25.8 Å². The molecular formula is C17H28ClN3O2. The highest BCUT2D eigenvalue weighted by Crippen LogP contribution is 2.19. The van der Waals surface area contributed by atoms with Crippen LogP contribution in [0.3, 0.4) is 0 Å². The van der Waals surface area contributed by atoms with Crippen molar-refractivity contribution in [3.05, 3.63) is 35.9 Å². The summed E-state index contributed by atoms with van der Waals surface area (Å²) < 4.78 is 0. The van der Waals surface area contributed by atoms with Crippen LogP contribution in [0.15, 0.2) is 30.3 Å². The number of hydrogen-bond acceptors (Lipinski definition) is 3. The largest absolute Gasteiger partial charge is 0.352 e. The summed E-state index contributed by atoms with van der Waals surface area (Å²) in [6.07, 6.45) is 0.849. The lowest BCUT2D eigenvalue weighted by molar-refractivity contribution is -0.131. The fourth-order valence-electron chi connectivity index (χ4n) is 2.01. The molecule has 6 heteroatoms. The summed E-state index contributed by atoms with van der Waals surface area (Å²) in [4.78, 5) is 24.2. The summed E-state index contributed by atoms with van der Waals surface area (Å²) in [5.41, 5.74) is 7.04. The number of nitrogens with two attached hydrogens (primary N) is 1. The Labute approximate surface area is 144 Å². The van der Waals surface area contributed by atoms with E-state index in [1.807, 2.05) is 44.2 Å². The van der Waals surface area contributed by atoms with Gasteiger partial charge in [0.25, 0.3) is 0 Å². The molecule has 23 heavy (non-hydrogen) atoms. The van der Waals surface area contributed by atoms with E-state index >= 15 is 0 Å². The first-order valence-electron chi connectivity index (χ1n) is 7.78. The maximum atomic E-state index is 12.3. The molecule has 4 unspecified atom stereocenters. The lowest BCUT2D eigenvalue weighted by atomic mass is 9.94. The van der Waals surface area contributed by atoms with Crippen LogP contribution < -0.4 is 16.4 Å². The Morgan fingerprint density at radius 3 is 2.13 bits per heavy atom. The van der Waals surface area contributed by atoms with E-state index in [1.54, 1.807) is 13.8 Å². The number of hydrogen-bond donors (Lipinski definition) is 3. The zero-order valence-electron chi connectivity index (χ0n) is 14.2. The monoisotopic (exact) mass is 341 g/mol. The SMILES string of the molecule is CCC(C)NC(=O)C(C)NC(=O)C(C)C(N)c1ccccc1.Cl. The number of nitrogens with one attached hydrogen (secondary N) is 2. The molecule has 0 aliphatic carbocycles. The Kier molecular flexibility index (Phi) is 9.53. The first-order chi connectivity index (χ1) is 10.4. The van der Waals surface area contributed by atoms with Crippen LogP contribution in [-0.4, -0.2) is 23.9 Å². The zero-order valence-corrected chi connectivity index (χ0v) is 15.0. The summed E-state index contributed by atoms with van der Waals surface area (Å²) in [6, 6.07) is 8.60. The predicted molar refractivity (Wildman–Crippen MR) is 95.3 cm³/mol. The quantitative estimate of drug-likeness (QED) is 0.710. The van der Waals surface area contributed by atoms with Gasteiger partial charge in [0, 0.05) is 12.1 Å². The van der Waals surface area contributed by atoms with Gasteiger partial charge < -0.3 is 16.4 Å². The number of carbonyl (C=O) groups is 2. The smallest absolute Gasteiger partial charge is 0.242 e. The van der Waals surface area contributed by atoms with Gasteiger partial charge in [-0.2, -0.15) is 0 Å². The summed E-state index contributed by atoms with van der Waals surface area (Å²) in [5, 5.41) is 5.58. The van der Waals surface area contributed by atoms with E-state index in [0.29, 0.717) is 0 Å². The summed E-state index contributed by atoms with van der Waals surface area (Å²) in [5.74, 6) is -0.812. The lowest BCUT2D eigenvalue weighted by Crippen LogP contribution is -2.49. The molecule has 0 aromatic heterocycles. The van der Waals surface area contributed by atoms with Crippen molar-refractivity contribution in [1.29, 1.82) is 0 Å². The average molecular weight is 342 g/mol. The molecule has 0 heterocycles. The van der Waals surface area contributed by atoms with Crippen LogP contribution in [0, 0.1) is 5.92 Å². The molecular weight excluding hydrogens is 314 g/mol. The Balaban J connectivity index is 0.00000484. The highest BCUT2D eigenvalue weighted by Gasteiger charge is 2.25. The molecule has 4 N–H and O–H groups in total. The molecule has 0 aliphatic heterocycles. The first kappa shape index (κ1) is 21.4. The summed E-state index contributed by atoms with van der Waals surface area (Å²) in [6.45, 7) is 7.37. The van der Waals surface area contributed by atoms with Gasteiger partial charge in [0.2, 0.25) is 11.8 Å². The standard InChI is InChI=1S/C17H27N3O2.ClH/c1-5-11(2)19-17(22)13(4)20-16(21)12(3)15(18)14-9-7-6-8-10-14;/h6-13,15H,5,18H2,1-4H3,(H,19,22)(H,20,21);1H. The maximum absolute atomic E-state index is 12.3. The van der Waals surface area contributed by atoms with Crippen molar-refractivity contribution in [3.63, 3.8) is 0 Å². The maximum Gasteiger partial charge on any atom is 0.242 e. The van der Waals surface area contributed by atoms with E-state index in [9.17, 15) is 9.59 Å². The van der Waals surface area contributed by atoms with E-state index in [4.69, 9.17) is 5.73 Å². The highest BCUT2D eigenvalue weighted by atomic mass is 35.5. The number of rotatable bonds is 7. The minimum absolute atomic E-state index is 0. The molecule has 1 aromatic rings. The normalized spacial score (nSPS) is 15.5. The molecule has 0 fully saturated rings. The fraction of sp³-hybridized carbons (Fsp3) is 0.529. The van der Waals surface area contributed by atoms with Crippen molar-refractivity contribution >= 4 is 24.2 Å². The summed E-state index contributed by atoms with van der Waals surface area (Å²) in [7, 11) is 0. The Bertz CT molecular complexity index is 496. The van der Waals surface area contributed by atoms with Gasteiger partial charge in [-0.3, -0.25) is 9.59 Å². The molecule has 0 spiro atoms. The van der Waals surface area contributed by atoms with E-state index in [2.05, 4.69) is 10.6 Å². The Hall–Kier alpha value is -1.59. The van der Waals surface area contributed by atoms with Crippen LogP contribution in [0.4, 0.5) is 0 Å². The van der Waals surface area contributed by atoms with Crippen LogP contribution in [0.5, 0.6) is 0 Å². The topological polar surface area (TPSA) is 84.2 Å². The number of amides is 2. The van der Waals surface area contributed by atoms with E-state index < -0.39 is 18.0 Å². The van der Waals surface area contributed by atoms with Crippen molar-refractivity contribution in [2.24, 2.45) is 11.7 Å². The van der Waals surface area contributed by atoms with Gasteiger partial charge in [0.1, 0.15) is 6.04 Å². The van der Waals surface area contributed by atoms with Gasteiger partial charge in [-0.15, -0.1) is 12.4 Å². The van der Waals surface area contributed by atoms with Crippen LogP contribution in [0.1, 0.15) is 45.7 Å². The molecule has 130 valence electrons. The van der Waals surface area contributed by atoms with E-state index in [0.717, 1.165) is 12.0 Å². The first-order valence-corrected chi connectivity index (χ1v) is 7.78. The molecule has 4 atom stereocenters. The Morgan fingerprint density at radius 1 is 1.04 bits per heavy atom. The molecule has 0 aliphatic rings. The van der Waals surface area contributed by atoms with Crippen LogP contribution in [0.25, 0.3) is 0 Å². The lowest BCUT2D eigenvalue weighted by Gasteiger charge is -2.23. The van der Waals surface area contributed by atoms with Crippen molar-refractivity contribution < 1.29 is 9.59 Å². The Morgan fingerprint density at radius 2 is 1.61 bits per heavy atom. The molecule has 1 aromatic carbocycles. The van der Waals surface area contributed by atoms with Crippen molar-refractivity contribution in [2.45, 2.75) is 52.2 Å². The number of benzene rings is 1.